The molecule has 1 aromatic carbocycles. The Hall–Kier alpha value is -2.09. The van der Waals surface area contributed by atoms with Crippen molar-refractivity contribution >= 4 is 21.7 Å². The summed E-state index contributed by atoms with van der Waals surface area (Å²) in [6.07, 6.45) is 1.20. The van der Waals surface area contributed by atoms with Gasteiger partial charge in [0.05, 0.1) is 17.6 Å². The molecule has 0 fully saturated rings. The summed E-state index contributed by atoms with van der Waals surface area (Å²) in [5.74, 6) is -1.24. The second-order valence-electron chi connectivity index (χ2n) is 5.87. The SMILES string of the molecule is COc1ccc(S(C)(=O)=O)cc1C(=O)NC(C)(C)CCC(=O)O. The average Bonchev–Trinajstić information content (AvgIpc) is 2.43. The molecule has 0 spiro atoms. The first kappa shape index (κ1) is 19.0. The smallest absolute Gasteiger partial charge is 0.303 e. The van der Waals surface area contributed by atoms with Gasteiger partial charge in [0, 0.05) is 18.2 Å². The zero-order chi connectivity index (χ0) is 17.8. The number of rotatable bonds is 7. The number of aliphatic carboxylic acids is 1. The molecule has 1 aromatic rings. The Morgan fingerprint density at radius 2 is 1.91 bits per heavy atom. The largest absolute Gasteiger partial charge is 0.496 e. The first-order valence-electron chi connectivity index (χ1n) is 6.89. The summed E-state index contributed by atoms with van der Waals surface area (Å²) >= 11 is 0. The maximum Gasteiger partial charge on any atom is 0.303 e. The molecule has 128 valence electrons. The van der Waals surface area contributed by atoms with E-state index in [1.807, 2.05) is 0 Å². The van der Waals surface area contributed by atoms with E-state index in [-0.39, 0.29) is 29.1 Å². The summed E-state index contributed by atoms with van der Waals surface area (Å²) < 4.78 is 28.4. The highest BCUT2D eigenvalue weighted by Gasteiger charge is 2.25. The molecule has 0 aromatic heterocycles. The van der Waals surface area contributed by atoms with Crippen molar-refractivity contribution in [1.29, 1.82) is 0 Å². The summed E-state index contributed by atoms with van der Waals surface area (Å²) in [4.78, 5) is 23.1. The van der Waals surface area contributed by atoms with Gasteiger partial charge in [-0.2, -0.15) is 0 Å². The number of carbonyl (C=O) groups excluding carboxylic acids is 1. The quantitative estimate of drug-likeness (QED) is 0.776. The maximum absolute atomic E-state index is 12.4. The number of hydrogen-bond acceptors (Lipinski definition) is 5. The lowest BCUT2D eigenvalue weighted by atomic mass is 9.97. The third-order valence-corrected chi connectivity index (χ3v) is 4.37. The van der Waals surface area contributed by atoms with E-state index >= 15 is 0 Å². The number of benzene rings is 1. The number of hydrogen-bond donors (Lipinski definition) is 2. The molecule has 0 radical (unpaired) electrons. The maximum atomic E-state index is 12.4. The lowest BCUT2D eigenvalue weighted by Gasteiger charge is -2.26. The Bertz CT molecular complexity index is 709. The molecule has 0 aliphatic rings. The number of amides is 1. The molecule has 0 aliphatic heterocycles. The Morgan fingerprint density at radius 3 is 2.39 bits per heavy atom. The van der Waals surface area contributed by atoms with Gasteiger partial charge < -0.3 is 15.2 Å². The van der Waals surface area contributed by atoms with Crippen molar-refractivity contribution in [2.45, 2.75) is 37.1 Å². The van der Waals surface area contributed by atoms with Gasteiger partial charge in [-0.3, -0.25) is 9.59 Å². The van der Waals surface area contributed by atoms with E-state index in [0.717, 1.165) is 6.26 Å². The Balaban J connectivity index is 3.09. The summed E-state index contributed by atoms with van der Waals surface area (Å²) in [5, 5.41) is 11.4. The van der Waals surface area contributed by atoms with Crippen LogP contribution in [0.3, 0.4) is 0 Å². The number of nitrogens with one attached hydrogen (secondary N) is 1. The van der Waals surface area contributed by atoms with Crippen molar-refractivity contribution in [2.24, 2.45) is 0 Å². The second kappa shape index (κ2) is 6.99. The van der Waals surface area contributed by atoms with Gasteiger partial charge in [-0.05, 0) is 38.5 Å². The molecule has 0 saturated carbocycles. The lowest BCUT2D eigenvalue weighted by Crippen LogP contribution is -2.43. The van der Waals surface area contributed by atoms with Crippen molar-refractivity contribution in [3.63, 3.8) is 0 Å². The topological polar surface area (TPSA) is 110 Å². The Morgan fingerprint density at radius 1 is 1.30 bits per heavy atom. The molecule has 8 heteroatoms. The van der Waals surface area contributed by atoms with Gasteiger partial charge in [-0.25, -0.2) is 8.42 Å². The van der Waals surface area contributed by atoms with Crippen LogP contribution in [0.25, 0.3) is 0 Å². The monoisotopic (exact) mass is 343 g/mol. The molecule has 7 nitrogen and oxygen atoms in total. The van der Waals surface area contributed by atoms with Crippen LogP contribution >= 0.6 is 0 Å². The standard InChI is InChI=1S/C15H21NO6S/c1-15(2,8-7-13(17)18)16-14(19)11-9-10(23(4,20)21)5-6-12(11)22-3/h5-6,9H,7-8H2,1-4H3,(H,16,19)(H,17,18). The van der Waals surface area contributed by atoms with Crippen LogP contribution in [0.15, 0.2) is 23.1 Å². The molecule has 2 N–H and O–H groups in total. The molecular formula is C15H21NO6S. The van der Waals surface area contributed by atoms with Gasteiger partial charge in [0.1, 0.15) is 5.75 Å². The van der Waals surface area contributed by atoms with E-state index in [4.69, 9.17) is 9.84 Å². The zero-order valence-corrected chi connectivity index (χ0v) is 14.4. The fourth-order valence-corrected chi connectivity index (χ4v) is 2.60. The van der Waals surface area contributed by atoms with Gasteiger partial charge in [0.25, 0.3) is 5.91 Å². The predicted octanol–water partition coefficient (Wildman–Crippen LogP) is 1.47. The summed E-state index contributed by atoms with van der Waals surface area (Å²) in [5.41, 5.74) is -0.680. The third-order valence-electron chi connectivity index (χ3n) is 3.26. The van der Waals surface area contributed by atoms with E-state index < -0.39 is 27.3 Å². The Kier molecular flexibility index (Phi) is 5.76. The van der Waals surface area contributed by atoms with Crippen LogP contribution in [-0.2, 0) is 14.6 Å². The Labute approximate surface area is 135 Å². The normalized spacial score (nSPS) is 11.8. The minimum Gasteiger partial charge on any atom is -0.496 e. The van der Waals surface area contributed by atoms with Gasteiger partial charge >= 0.3 is 5.97 Å². The average molecular weight is 343 g/mol. The molecule has 0 saturated heterocycles. The summed E-state index contributed by atoms with van der Waals surface area (Å²) in [6.45, 7) is 3.39. The molecule has 1 amide bonds. The highest BCUT2D eigenvalue weighted by molar-refractivity contribution is 7.90. The fraction of sp³-hybridized carbons (Fsp3) is 0.467. The number of methoxy groups -OCH3 is 1. The molecule has 0 bridgehead atoms. The lowest BCUT2D eigenvalue weighted by molar-refractivity contribution is -0.137. The van der Waals surface area contributed by atoms with Crippen LogP contribution in [0, 0.1) is 0 Å². The molecule has 1 rings (SSSR count). The van der Waals surface area contributed by atoms with Crippen LogP contribution in [0.4, 0.5) is 0 Å². The molecular weight excluding hydrogens is 322 g/mol. The van der Waals surface area contributed by atoms with Gasteiger partial charge in [-0.1, -0.05) is 0 Å². The van der Waals surface area contributed by atoms with Crippen molar-refractivity contribution < 1.29 is 27.9 Å². The molecule has 0 heterocycles. The number of ether oxygens (including phenoxy) is 1. The van der Waals surface area contributed by atoms with Crippen LogP contribution < -0.4 is 10.1 Å². The zero-order valence-electron chi connectivity index (χ0n) is 13.5. The van der Waals surface area contributed by atoms with Gasteiger partial charge in [-0.15, -0.1) is 0 Å². The number of carboxylic acid groups (broad SMARTS) is 1. The summed E-state index contributed by atoms with van der Waals surface area (Å²) in [6, 6.07) is 4.02. The fourth-order valence-electron chi connectivity index (χ4n) is 1.95. The molecule has 0 atom stereocenters. The van der Waals surface area contributed by atoms with E-state index in [1.165, 1.54) is 25.3 Å². The van der Waals surface area contributed by atoms with Crippen LogP contribution in [0.1, 0.15) is 37.0 Å². The van der Waals surface area contributed by atoms with Gasteiger partial charge in [0.15, 0.2) is 9.84 Å². The summed E-state index contributed by atoms with van der Waals surface area (Å²) in [7, 11) is -2.09. The third kappa shape index (κ3) is 5.55. The van der Waals surface area contributed by atoms with Crippen molar-refractivity contribution in [3.05, 3.63) is 23.8 Å². The molecule has 0 aliphatic carbocycles. The number of carboxylic acids is 1. The van der Waals surface area contributed by atoms with Crippen molar-refractivity contribution in [2.75, 3.05) is 13.4 Å². The molecule has 23 heavy (non-hydrogen) atoms. The minimum absolute atomic E-state index is 0.00629. The minimum atomic E-state index is -3.46. The first-order valence-corrected chi connectivity index (χ1v) is 8.78. The van der Waals surface area contributed by atoms with E-state index in [9.17, 15) is 18.0 Å². The van der Waals surface area contributed by atoms with Gasteiger partial charge in [0.2, 0.25) is 0 Å². The van der Waals surface area contributed by atoms with E-state index in [2.05, 4.69) is 5.32 Å². The van der Waals surface area contributed by atoms with E-state index in [1.54, 1.807) is 13.8 Å². The van der Waals surface area contributed by atoms with Crippen LogP contribution in [0.5, 0.6) is 5.75 Å². The number of sulfone groups is 1. The van der Waals surface area contributed by atoms with Crippen LogP contribution in [0.2, 0.25) is 0 Å². The van der Waals surface area contributed by atoms with Crippen LogP contribution in [-0.4, -0.2) is 44.3 Å². The second-order valence-corrected chi connectivity index (χ2v) is 7.88. The highest BCUT2D eigenvalue weighted by Crippen LogP contribution is 2.23. The van der Waals surface area contributed by atoms with E-state index in [0.29, 0.717) is 0 Å². The molecule has 0 unspecified atom stereocenters. The first-order chi connectivity index (χ1) is 10.5. The predicted molar refractivity (Wildman–Crippen MR) is 84.5 cm³/mol. The number of carbonyl (C=O) groups is 2. The van der Waals surface area contributed by atoms with Crippen molar-refractivity contribution in [3.8, 4) is 5.75 Å². The van der Waals surface area contributed by atoms with Crippen molar-refractivity contribution in [1.82, 2.24) is 5.32 Å². The highest BCUT2D eigenvalue weighted by atomic mass is 32.2.